The maximum atomic E-state index is 9.76. The van der Waals surface area contributed by atoms with Crippen molar-refractivity contribution in [2.45, 2.75) is 6.92 Å². The predicted octanol–water partition coefficient (Wildman–Crippen LogP) is 2.79. The van der Waals surface area contributed by atoms with E-state index < -0.39 is 0 Å². The van der Waals surface area contributed by atoms with Crippen molar-refractivity contribution < 1.29 is 5.11 Å². The molecule has 0 bridgehead atoms. The van der Waals surface area contributed by atoms with Gasteiger partial charge in [0.2, 0.25) is 5.13 Å². The lowest BCUT2D eigenvalue weighted by molar-refractivity contribution is 0.474. The number of aromatic nitrogens is 1. The number of phenolic OH excluding ortho intramolecular Hbond substituents is 1. The number of thiazole rings is 1. The van der Waals surface area contributed by atoms with Crippen LogP contribution in [0.25, 0.3) is 0 Å². The Morgan fingerprint density at radius 3 is 3.00 bits per heavy atom. The zero-order valence-electron chi connectivity index (χ0n) is 9.51. The molecule has 5 nitrogen and oxygen atoms in total. The molecule has 2 rings (SSSR count). The summed E-state index contributed by atoms with van der Waals surface area (Å²) in [6.07, 6.45) is 1.55. The number of aryl methyl sites for hydroxylation is 1. The number of nitrogens with zero attached hydrogens (tertiary/aromatic N) is 2. The van der Waals surface area contributed by atoms with Gasteiger partial charge in [0.15, 0.2) is 0 Å². The summed E-state index contributed by atoms with van der Waals surface area (Å²) in [7, 11) is 0. The summed E-state index contributed by atoms with van der Waals surface area (Å²) in [5.74, 6) is 0.669. The first-order chi connectivity index (χ1) is 8.56. The van der Waals surface area contributed by atoms with Crippen LogP contribution in [-0.2, 0) is 0 Å². The lowest BCUT2D eigenvalue weighted by Crippen LogP contribution is -1.93. The zero-order chi connectivity index (χ0) is 13.1. The largest absolute Gasteiger partial charge is 0.507 e. The van der Waals surface area contributed by atoms with Crippen LogP contribution >= 0.6 is 33.9 Å². The Hall–Kier alpha value is -1.35. The first-order valence-corrected chi connectivity index (χ1v) is 7.01. The van der Waals surface area contributed by atoms with E-state index in [4.69, 9.17) is 5.73 Å². The highest BCUT2D eigenvalue weighted by molar-refractivity contribution is 14.1. The Kier molecular flexibility index (Phi) is 4.02. The van der Waals surface area contributed by atoms with E-state index in [9.17, 15) is 5.11 Å². The van der Waals surface area contributed by atoms with Gasteiger partial charge in [-0.25, -0.2) is 4.98 Å². The van der Waals surface area contributed by atoms with Crippen molar-refractivity contribution in [3.8, 4) is 5.75 Å². The van der Waals surface area contributed by atoms with E-state index in [0.717, 1.165) is 9.13 Å². The maximum absolute atomic E-state index is 9.76. The number of aromatic hydroxyl groups is 1. The molecule has 18 heavy (non-hydrogen) atoms. The molecule has 1 aromatic carbocycles. The molecule has 0 aliphatic rings. The minimum Gasteiger partial charge on any atom is -0.507 e. The Bertz CT molecular complexity index is 597. The van der Waals surface area contributed by atoms with Gasteiger partial charge < -0.3 is 10.8 Å². The van der Waals surface area contributed by atoms with Crippen molar-refractivity contribution in [1.82, 2.24) is 4.98 Å². The van der Waals surface area contributed by atoms with E-state index in [1.54, 1.807) is 17.7 Å². The summed E-state index contributed by atoms with van der Waals surface area (Å²) in [4.78, 5) is 4.00. The van der Waals surface area contributed by atoms with E-state index in [1.807, 2.05) is 13.0 Å². The third-order valence-corrected chi connectivity index (χ3v) is 4.12. The minimum atomic E-state index is 0.206. The molecule has 0 spiro atoms. The number of halogens is 1. The molecule has 0 unspecified atom stereocenters. The minimum absolute atomic E-state index is 0.206. The highest BCUT2D eigenvalue weighted by Crippen LogP contribution is 2.22. The fourth-order valence-electron chi connectivity index (χ4n) is 1.28. The fraction of sp³-hybridized carbons (Fsp3) is 0.0909. The molecule has 0 saturated heterocycles. The molecule has 1 aromatic heterocycles. The second kappa shape index (κ2) is 5.53. The first-order valence-electron chi connectivity index (χ1n) is 5.05. The first kappa shape index (κ1) is 13.1. The monoisotopic (exact) mass is 374 g/mol. The molecule has 1 heterocycles. The van der Waals surface area contributed by atoms with Gasteiger partial charge in [-0.1, -0.05) is 0 Å². The molecule has 2 aromatic rings. The van der Waals surface area contributed by atoms with Crippen LogP contribution in [0.3, 0.4) is 0 Å². The highest BCUT2D eigenvalue weighted by Gasteiger charge is 2.03. The molecule has 0 amide bonds. The zero-order valence-corrected chi connectivity index (χ0v) is 12.5. The number of nitrogens with one attached hydrogen (secondary N) is 1. The number of rotatable bonds is 3. The van der Waals surface area contributed by atoms with Crippen molar-refractivity contribution >= 4 is 51.1 Å². The molecular weight excluding hydrogens is 363 g/mol. The SMILES string of the molecule is Cc1cc(O)c(C=NNc2nc(N)cs2)cc1I. The normalized spacial score (nSPS) is 11.0. The number of hydrogen-bond donors (Lipinski definition) is 3. The number of nitrogens with two attached hydrogens (primary N) is 1. The molecule has 94 valence electrons. The lowest BCUT2D eigenvalue weighted by Gasteiger charge is -2.03. The Morgan fingerprint density at radius 1 is 1.56 bits per heavy atom. The van der Waals surface area contributed by atoms with Crippen molar-refractivity contribution in [2.24, 2.45) is 5.10 Å². The topological polar surface area (TPSA) is 83.5 Å². The summed E-state index contributed by atoms with van der Waals surface area (Å²) in [6, 6.07) is 3.58. The number of benzene rings is 1. The number of hydrogen-bond acceptors (Lipinski definition) is 6. The molecule has 0 fully saturated rings. The smallest absolute Gasteiger partial charge is 0.205 e. The summed E-state index contributed by atoms with van der Waals surface area (Å²) in [5, 5.41) is 16.1. The molecule has 0 atom stereocenters. The van der Waals surface area contributed by atoms with Gasteiger partial charge in [-0.3, -0.25) is 5.43 Å². The Morgan fingerprint density at radius 2 is 2.33 bits per heavy atom. The second-order valence-electron chi connectivity index (χ2n) is 3.61. The van der Waals surface area contributed by atoms with E-state index in [2.05, 4.69) is 38.1 Å². The van der Waals surface area contributed by atoms with Gasteiger partial charge in [-0.05, 0) is 47.2 Å². The number of phenols is 1. The quantitative estimate of drug-likeness (QED) is 0.438. The third kappa shape index (κ3) is 3.10. The molecule has 0 saturated carbocycles. The summed E-state index contributed by atoms with van der Waals surface area (Å²) >= 11 is 3.58. The van der Waals surface area contributed by atoms with Crippen LogP contribution in [0.2, 0.25) is 0 Å². The van der Waals surface area contributed by atoms with Crippen LogP contribution in [0.1, 0.15) is 11.1 Å². The summed E-state index contributed by atoms with van der Waals surface area (Å²) in [6.45, 7) is 1.94. The maximum Gasteiger partial charge on any atom is 0.205 e. The van der Waals surface area contributed by atoms with Crippen molar-refractivity contribution in [3.05, 3.63) is 32.2 Å². The van der Waals surface area contributed by atoms with Gasteiger partial charge in [0.25, 0.3) is 0 Å². The van der Waals surface area contributed by atoms with E-state index in [1.165, 1.54) is 11.3 Å². The van der Waals surface area contributed by atoms with Crippen molar-refractivity contribution in [3.63, 3.8) is 0 Å². The Balaban J connectivity index is 2.11. The third-order valence-electron chi connectivity index (χ3n) is 2.19. The van der Waals surface area contributed by atoms with Crippen LogP contribution < -0.4 is 11.2 Å². The number of nitrogen functional groups attached to an aromatic ring is 1. The summed E-state index contributed by atoms with van der Waals surface area (Å²) in [5.41, 5.74) is 9.93. The molecule has 0 aliphatic carbocycles. The van der Waals surface area contributed by atoms with Gasteiger partial charge in [-0.2, -0.15) is 5.10 Å². The van der Waals surface area contributed by atoms with Crippen LogP contribution in [0.4, 0.5) is 10.9 Å². The second-order valence-corrected chi connectivity index (χ2v) is 5.63. The van der Waals surface area contributed by atoms with Crippen molar-refractivity contribution in [1.29, 1.82) is 0 Å². The van der Waals surface area contributed by atoms with E-state index in [-0.39, 0.29) is 5.75 Å². The standard InChI is InChI=1S/C11H11IN4OS/c1-6-2-9(17)7(3-8(6)12)4-14-16-11-15-10(13)5-18-11/h2-5,17H,13H2,1H3,(H,15,16). The van der Waals surface area contributed by atoms with Gasteiger partial charge in [-0.15, -0.1) is 11.3 Å². The van der Waals surface area contributed by atoms with Gasteiger partial charge in [0.05, 0.1) is 6.21 Å². The van der Waals surface area contributed by atoms with E-state index >= 15 is 0 Å². The highest BCUT2D eigenvalue weighted by atomic mass is 127. The predicted molar refractivity (Wildman–Crippen MR) is 83.3 cm³/mol. The van der Waals surface area contributed by atoms with Crippen LogP contribution in [0.15, 0.2) is 22.6 Å². The lowest BCUT2D eigenvalue weighted by atomic mass is 10.1. The molecule has 7 heteroatoms. The molecule has 0 radical (unpaired) electrons. The van der Waals surface area contributed by atoms with Crippen LogP contribution in [0.5, 0.6) is 5.75 Å². The van der Waals surface area contributed by atoms with E-state index in [0.29, 0.717) is 16.5 Å². The fourth-order valence-corrected chi connectivity index (χ4v) is 2.32. The van der Waals surface area contributed by atoms with Crippen LogP contribution in [0, 0.1) is 10.5 Å². The molecular formula is C11H11IN4OS. The summed E-state index contributed by atoms with van der Waals surface area (Å²) < 4.78 is 1.07. The average Bonchev–Trinajstić information content (AvgIpc) is 2.71. The average molecular weight is 374 g/mol. The Labute approximate surface area is 122 Å². The van der Waals surface area contributed by atoms with Gasteiger partial charge in [0, 0.05) is 14.5 Å². The molecule has 4 N–H and O–H groups in total. The number of anilines is 2. The molecule has 0 aliphatic heterocycles. The van der Waals surface area contributed by atoms with Crippen molar-refractivity contribution in [2.75, 3.05) is 11.2 Å². The number of hydrazone groups is 1. The van der Waals surface area contributed by atoms with Gasteiger partial charge in [0.1, 0.15) is 11.6 Å². The van der Waals surface area contributed by atoms with Gasteiger partial charge >= 0.3 is 0 Å². The van der Waals surface area contributed by atoms with Crippen LogP contribution in [-0.4, -0.2) is 16.3 Å².